The molecule has 0 saturated carbocycles. The van der Waals surface area contributed by atoms with Crippen molar-refractivity contribution in [3.63, 3.8) is 0 Å². The van der Waals surface area contributed by atoms with Crippen molar-refractivity contribution in [1.29, 1.82) is 0 Å². The molecule has 2 aromatic rings. The van der Waals surface area contributed by atoms with E-state index in [1.54, 1.807) is 21.3 Å². The number of carbonyl (C=O) groups is 1. The Labute approximate surface area is 180 Å². The summed E-state index contributed by atoms with van der Waals surface area (Å²) in [4.78, 5) is 11.4. The highest BCUT2D eigenvalue weighted by Gasteiger charge is 2.36. The zero-order valence-corrected chi connectivity index (χ0v) is 18.9. The van der Waals surface area contributed by atoms with Gasteiger partial charge in [0.2, 0.25) is 5.91 Å². The SMILES string of the molecule is C=CC(=O)Nc1ccc(-c2ccccc2NCCC[Si](OC)(OC)OC)cc1.Cl. The molecule has 0 fully saturated rings. The lowest BCUT2D eigenvalue weighted by Gasteiger charge is -2.24. The third kappa shape index (κ3) is 6.99. The number of rotatable bonds is 11. The van der Waals surface area contributed by atoms with Crippen LogP contribution in [0.4, 0.5) is 11.4 Å². The van der Waals surface area contributed by atoms with Crippen molar-refractivity contribution in [2.24, 2.45) is 0 Å². The molecule has 2 aromatic carbocycles. The Kier molecular flexibility index (Phi) is 10.6. The number of anilines is 2. The van der Waals surface area contributed by atoms with Gasteiger partial charge in [-0.2, -0.15) is 0 Å². The summed E-state index contributed by atoms with van der Waals surface area (Å²) in [6.45, 7) is 4.23. The lowest BCUT2D eigenvalue weighted by atomic mass is 10.0. The highest BCUT2D eigenvalue weighted by molar-refractivity contribution is 6.60. The average Bonchev–Trinajstić information content (AvgIpc) is 2.75. The molecule has 29 heavy (non-hydrogen) atoms. The number of carbonyl (C=O) groups excluding carboxylic acids is 1. The molecular formula is C21H29ClN2O4Si. The summed E-state index contributed by atoms with van der Waals surface area (Å²) in [7, 11) is 2.35. The van der Waals surface area contributed by atoms with E-state index >= 15 is 0 Å². The van der Waals surface area contributed by atoms with Crippen LogP contribution in [0.5, 0.6) is 0 Å². The van der Waals surface area contributed by atoms with Crippen LogP contribution in [0.2, 0.25) is 6.04 Å². The molecule has 0 aliphatic heterocycles. The van der Waals surface area contributed by atoms with E-state index in [4.69, 9.17) is 13.3 Å². The van der Waals surface area contributed by atoms with Gasteiger partial charge in [-0.05, 0) is 36.3 Å². The lowest BCUT2D eigenvalue weighted by Crippen LogP contribution is -2.42. The van der Waals surface area contributed by atoms with Crippen LogP contribution >= 0.6 is 12.4 Å². The van der Waals surface area contributed by atoms with E-state index in [0.717, 1.165) is 41.5 Å². The van der Waals surface area contributed by atoms with Gasteiger partial charge in [0.15, 0.2) is 0 Å². The van der Waals surface area contributed by atoms with Crippen LogP contribution < -0.4 is 10.6 Å². The molecule has 0 unspecified atom stereocenters. The first-order valence-corrected chi connectivity index (χ1v) is 11.0. The number of hydrogen-bond donors (Lipinski definition) is 2. The van der Waals surface area contributed by atoms with Gasteiger partial charge in [-0.1, -0.05) is 36.9 Å². The Bertz CT molecular complexity index is 774. The summed E-state index contributed by atoms with van der Waals surface area (Å²) < 4.78 is 16.4. The van der Waals surface area contributed by atoms with Gasteiger partial charge in [-0.3, -0.25) is 4.79 Å². The molecule has 0 heterocycles. The summed E-state index contributed by atoms with van der Waals surface area (Å²) in [5.41, 5.74) is 3.94. The van der Waals surface area contributed by atoms with E-state index in [0.29, 0.717) is 0 Å². The smallest absolute Gasteiger partial charge is 0.385 e. The van der Waals surface area contributed by atoms with Gasteiger partial charge in [0.25, 0.3) is 0 Å². The van der Waals surface area contributed by atoms with Crippen molar-refractivity contribution in [2.45, 2.75) is 12.5 Å². The van der Waals surface area contributed by atoms with Gasteiger partial charge >= 0.3 is 8.80 Å². The fraction of sp³-hybridized carbons (Fsp3) is 0.286. The van der Waals surface area contributed by atoms with E-state index in [9.17, 15) is 4.79 Å². The molecule has 0 atom stereocenters. The third-order valence-electron chi connectivity index (χ3n) is 4.48. The molecule has 0 radical (unpaired) electrons. The Morgan fingerprint density at radius 2 is 1.66 bits per heavy atom. The number of halogens is 1. The number of para-hydroxylation sites is 1. The van der Waals surface area contributed by atoms with Crippen LogP contribution in [-0.2, 0) is 18.1 Å². The quantitative estimate of drug-likeness (QED) is 0.306. The Morgan fingerprint density at radius 1 is 1.03 bits per heavy atom. The molecular weight excluding hydrogens is 408 g/mol. The molecule has 8 heteroatoms. The van der Waals surface area contributed by atoms with E-state index < -0.39 is 8.80 Å². The molecule has 0 bridgehead atoms. The first-order valence-electron chi connectivity index (χ1n) is 9.09. The average molecular weight is 437 g/mol. The molecule has 158 valence electrons. The molecule has 2 rings (SSSR count). The van der Waals surface area contributed by atoms with Gasteiger partial charge < -0.3 is 23.9 Å². The largest absolute Gasteiger partial charge is 0.500 e. The summed E-state index contributed by atoms with van der Waals surface area (Å²) in [5, 5.41) is 6.24. The maximum atomic E-state index is 11.4. The molecule has 0 spiro atoms. The van der Waals surface area contributed by atoms with Crippen LogP contribution in [0.1, 0.15) is 6.42 Å². The van der Waals surface area contributed by atoms with Crippen LogP contribution in [0.3, 0.4) is 0 Å². The predicted molar refractivity (Wildman–Crippen MR) is 123 cm³/mol. The molecule has 2 N–H and O–H groups in total. The van der Waals surface area contributed by atoms with Crippen LogP contribution in [0.25, 0.3) is 11.1 Å². The second-order valence-electron chi connectivity index (χ2n) is 6.14. The first kappa shape index (κ1) is 24.9. The highest BCUT2D eigenvalue weighted by atomic mass is 35.5. The number of hydrogen-bond acceptors (Lipinski definition) is 5. The Morgan fingerprint density at radius 3 is 2.24 bits per heavy atom. The summed E-state index contributed by atoms with van der Waals surface area (Å²) in [6, 6.07) is 16.6. The first-order chi connectivity index (χ1) is 13.6. The number of amides is 1. The van der Waals surface area contributed by atoms with E-state index in [1.807, 2.05) is 36.4 Å². The Balaban J connectivity index is 0.00000420. The highest BCUT2D eigenvalue weighted by Crippen LogP contribution is 2.29. The molecule has 6 nitrogen and oxygen atoms in total. The van der Waals surface area contributed by atoms with Crippen molar-refractivity contribution in [2.75, 3.05) is 38.5 Å². The van der Waals surface area contributed by atoms with Gasteiger partial charge in [-0.15, -0.1) is 12.4 Å². The minimum atomic E-state index is -2.54. The standard InChI is InChI=1S/C21H28N2O4Si.ClH/c1-5-21(24)23-18-13-11-17(12-14-18)19-9-6-7-10-20(19)22-15-8-16-28(25-2,26-3)27-4;/h5-7,9-14,22H,1,8,15-16H2,2-4H3,(H,23,24);1H. The number of nitrogens with one attached hydrogen (secondary N) is 2. The van der Waals surface area contributed by atoms with Crippen molar-refractivity contribution < 1.29 is 18.1 Å². The second kappa shape index (κ2) is 12.4. The van der Waals surface area contributed by atoms with E-state index in [1.165, 1.54) is 6.08 Å². The molecule has 0 aliphatic rings. The van der Waals surface area contributed by atoms with Crippen LogP contribution in [0.15, 0.2) is 61.2 Å². The summed E-state index contributed by atoms with van der Waals surface area (Å²) >= 11 is 0. The fourth-order valence-corrected chi connectivity index (χ4v) is 4.62. The van der Waals surface area contributed by atoms with Crippen LogP contribution in [0, 0.1) is 0 Å². The summed E-state index contributed by atoms with van der Waals surface area (Å²) in [6.07, 6.45) is 2.12. The fourth-order valence-electron chi connectivity index (χ4n) is 2.90. The molecule has 0 saturated heterocycles. The lowest BCUT2D eigenvalue weighted by molar-refractivity contribution is -0.111. The van der Waals surface area contributed by atoms with Crippen LogP contribution in [-0.4, -0.2) is 42.6 Å². The van der Waals surface area contributed by atoms with E-state index in [2.05, 4.69) is 29.3 Å². The minimum Gasteiger partial charge on any atom is -0.385 e. The normalized spacial score (nSPS) is 10.7. The molecule has 0 aliphatic carbocycles. The van der Waals surface area contributed by atoms with Gasteiger partial charge in [0, 0.05) is 50.9 Å². The van der Waals surface area contributed by atoms with Crippen molar-refractivity contribution >= 4 is 38.5 Å². The second-order valence-corrected chi connectivity index (χ2v) is 9.23. The summed E-state index contributed by atoms with van der Waals surface area (Å²) in [5.74, 6) is -0.224. The maximum Gasteiger partial charge on any atom is 0.500 e. The topological polar surface area (TPSA) is 68.8 Å². The Hall–Kier alpha value is -2.16. The van der Waals surface area contributed by atoms with Gasteiger partial charge in [0.05, 0.1) is 0 Å². The molecule has 0 aromatic heterocycles. The third-order valence-corrected chi connectivity index (χ3v) is 7.32. The van der Waals surface area contributed by atoms with E-state index in [-0.39, 0.29) is 18.3 Å². The van der Waals surface area contributed by atoms with Gasteiger partial charge in [0.1, 0.15) is 0 Å². The zero-order valence-electron chi connectivity index (χ0n) is 17.1. The monoisotopic (exact) mass is 436 g/mol. The maximum absolute atomic E-state index is 11.4. The minimum absolute atomic E-state index is 0. The number of benzene rings is 2. The van der Waals surface area contributed by atoms with Crippen molar-refractivity contribution in [1.82, 2.24) is 0 Å². The zero-order chi connectivity index (χ0) is 20.4. The predicted octanol–water partition coefficient (Wildman–Crippen LogP) is 4.58. The van der Waals surface area contributed by atoms with Crippen molar-refractivity contribution in [3.8, 4) is 11.1 Å². The van der Waals surface area contributed by atoms with Gasteiger partial charge in [-0.25, -0.2) is 0 Å². The molecule has 1 amide bonds. The van der Waals surface area contributed by atoms with Crippen molar-refractivity contribution in [3.05, 3.63) is 61.2 Å².